The highest BCUT2D eigenvalue weighted by Gasteiger charge is 2.12. The van der Waals surface area contributed by atoms with Crippen LogP contribution in [0.1, 0.15) is 16.7 Å². The molecule has 0 heterocycles. The Morgan fingerprint density at radius 2 is 1.69 bits per heavy atom. The minimum Gasteiger partial charge on any atom is -0.515 e. The van der Waals surface area contributed by atoms with Gasteiger partial charge in [-0.15, -0.1) is 0 Å². The van der Waals surface area contributed by atoms with Gasteiger partial charge >= 0.3 is 5.71 Å². The maximum absolute atomic E-state index is 11.6. The third-order valence-electron chi connectivity index (χ3n) is 2.20. The molecule has 0 aliphatic carbocycles. The van der Waals surface area contributed by atoms with Gasteiger partial charge < -0.3 is 4.43 Å². The molecule has 1 rings (SSSR count). The van der Waals surface area contributed by atoms with Crippen LogP contribution in [-0.2, 0) is 4.43 Å². The Bertz CT molecular complexity index is 379. The average molecular weight is 253 g/mol. The molecular weight excluding hydrogens is 235 g/mol. The van der Waals surface area contributed by atoms with Crippen molar-refractivity contribution in [1.29, 1.82) is 0 Å². The van der Waals surface area contributed by atoms with E-state index in [1.807, 2.05) is 13.1 Å². The summed E-state index contributed by atoms with van der Waals surface area (Å²) in [6.45, 7) is 10.1. The zero-order valence-corrected chi connectivity index (χ0v) is 12.5. The van der Waals surface area contributed by atoms with Crippen LogP contribution in [0.3, 0.4) is 0 Å². The lowest BCUT2D eigenvalue weighted by atomic mass is 10.1. The summed E-state index contributed by atoms with van der Waals surface area (Å²) < 4.78 is 5.27. The van der Waals surface area contributed by atoms with Crippen molar-refractivity contribution in [2.75, 3.05) is 0 Å². The van der Waals surface area contributed by atoms with Crippen molar-refractivity contribution in [3.05, 3.63) is 28.8 Å². The molecule has 4 heteroatoms. The summed E-state index contributed by atoms with van der Waals surface area (Å²) >= 11 is 0. The van der Waals surface area contributed by atoms with Crippen molar-refractivity contribution in [3.8, 4) is 0 Å². The van der Waals surface area contributed by atoms with Crippen LogP contribution in [0.4, 0.5) is 4.79 Å². The van der Waals surface area contributed by atoms with E-state index in [1.54, 1.807) is 0 Å². The predicted molar refractivity (Wildman–Crippen MR) is 72.6 cm³/mol. The Morgan fingerprint density at radius 3 is 2.12 bits per heavy atom. The molecule has 0 aliphatic rings. The molecule has 0 N–H and O–H groups in total. The molecule has 0 aromatic heterocycles. The second-order valence-corrected chi connectivity index (χ2v) is 7.38. The van der Waals surface area contributed by atoms with Gasteiger partial charge in [-0.3, -0.25) is 0 Å². The molecule has 0 bridgehead atoms. The predicted octanol–water partition coefficient (Wildman–Crippen LogP) is 3.30. The van der Waals surface area contributed by atoms with Gasteiger partial charge in [0.15, 0.2) is 0 Å². The lowest BCUT2D eigenvalue weighted by molar-refractivity contribution is 0.227. The van der Waals surface area contributed by atoms with E-state index >= 15 is 0 Å². The van der Waals surface area contributed by atoms with Crippen LogP contribution in [-0.4, -0.2) is 14.8 Å². The maximum Gasteiger partial charge on any atom is 0.314 e. The molecule has 87 valence electrons. The third-order valence-corrected chi connectivity index (χ3v) is 4.34. The van der Waals surface area contributed by atoms with E-state index in [-0.39, 0.29) is 14.3 Å². The van der Waals surface area contributed by atoms with Crippen molar-refractivity contribution in [2.24, 2.45) is 0 Å². The highest BCUT2D eigenvalue weighted by atomic mass is 31.1. The summed E-state index contributed by atoms with van der Waals surface area (Å²) in [6, 6.07) is 4.23. The number of benzene rings is 1. The van der Waals surface area contributed by atoms with E-state index < -0.39 is 9.04 Å². The third kappa shape index (κ3) is 3.73. The van der Waals surface area contributed by atoms with Crippen LogP contribution in [0.2, 0.25) is 13.1 Å². The Labute approximate surface area is 101 Å². The maximum atomic E-state index is 11.6. The molecule has 0 spiro atoms. The van der Waals surface area contributed by atoms with Gasteiger partial charge in [0.25, 0.3) is 9.04 Å². The molecule has 1 aromatic rings. The Kier molecular flexibility index (Phi) is 4.69. The van der Waals surface area contributed by atoms with Crippen LogP contribution in [0, 0.1) is 20.8 Å². The monoisotopic (exact) mass is 253 g/mol. The lowest BCUT2D eigenvalue weighted by Crippen LogP contribution is -2.15. The number of carbonyl (C=O) groups excluding carboxylic acids is 1. The second-order valence-electron chi connectivity index (χ2n) is 4.20. The first-order valence-electron chi connectivity index (χ1n) is 5.27. The number of carbonyl (C=O) groups is 1. The first kappa shape index (κ1) is 13.4. The Morgan fingerprint density at radius 1 is 1.19 bits per heavy atom. The largest absolute Gasteiger partial charge is 0.515 e. The fourth-order valence-corrected chi connectivity index (χ4v) is 3.62. The van der Waals surface area contributed by atoms with Gasteiger partial charge in [-0.1, -0.05) is 17.7 Å². The van der Waals surface area contributed by atoms with Gasteiger partial charge in [0, 0.05) is 8.58 Å². The van der Waals surface area contributed by atoms with Crippen molar-refractivity contribution in [2.45, 2.75) is 33.9 Å². The van der Waals surface area contributed by atoms with E-state index in [4.69, 9.17) is 4.43 Å². The number of rotatable bonds is 3. The molecule has 1 atom stereocenters. The molecule has 2 nitrogen and oxygen atoms in total. The summed E-state index contributed by atoms with van der Waals surface area (Å²) in [7, 11) is -0.799. The molecule has 1 unspecified atom stereocenters. The molecular formula is C12H18O2PSi. The van der Waals surface area contributed by atoms with Gasteiger partial charge in [-0.25, -0.2) is 4.79 Å². The van der Waals surface area contributed by atoms with E-state index in [9.17, 15) is 4.79 Å². The summed E-state index contributed by atoms with van der Waals surface area (Å²) in [5.41, 5.74) is 3.55. The zero-order valence-electron chi connectivity index (χ0n) is 10.5. The Balaban J connectivity index is 2.85. The number of hydrogen-bond donors (Lipinski definition) is 0. The van der Waals surface area contributed by atoms with E-state index in [1.165, 1.54) is 16.7 Å². The van der Waals surface area contributed by atoms with E-state index in [0.29, 0.717) is 0 Å². The van der Waals surface area contributed by atoms with Crippen LogP contribution < -0.4 is 5.30 Å². The van der Waals surface area contributed by atoms with E-state index in [0.717, 1.165) is 5.30 Å². The quantitative estimate of drug-likeness (QED) is 0.610. The number of hydrogen-bond acceptors (Lipinski definition) is 2. The minimum absolute atomic E-state index is 0.0751. The minimum atomic E-state index is -0.929. The normalized spacial score (nSPS) is 11.4. The van der Waals surface area contributed by atoms with Gasteiger partial charge in [-0.2, -0.15) is 0 Å². The first-order valence-corrected chi connectivity index (χ1v) is 8.68. The highest BCUT2D eigenvalue weighted by Crippen LogP contribution is 2.20. The highest BCUT2D eigenvalue weighted by molar-refractivity contribution is 7.65. The van der Waals surface area contributed by atoms with Crippen molar-refractivity contribution >= 4 is 28.6 Å². The van der Waals surface area contributed by atoms with Gasteiger partial charge in [0.05, 0.1) is 0 Å². The molecule has 0 saturated carbocycles. The molecule has 0 aliphatic heterocycles. The summed E-state index contributed by atoms with van der Waals surface area (Å²) in [6.07, 6.45) is 0. The van der Waals surface area contributed by atoms with Crippen molar-refractivity contribution < 1.29 is 9.22 Å². The fraction of sp³-hybridized carbons (Fsp3) is 0.417. The molecule has 16 heavy (non-hydrogen) atoms. The van der Waals surface area contributed by atoms with Crippen LogP contribution >= 0.6 is 8.58 Å². The summed E-state index contributed by atoms with van der Waals surface area (Å²) in [4.78, 5) is 11.6. The lowest BCUT2D eigenvalue weighted by Gasteiger charge is -2.12. The van der Waals surface area contributed by atoms with E-state index in [2.05, 4.69) is 32.9 Å². The van der Waals surface area contributed by atoms with Gasteiger partial charge in [0.2, 0.25) is 0 Å². The van der Waals surface area contributed by atoms with Gasteiger partial charge in [-0.05, 0) is 50.3 Å². The molecule has 1 aromatic carbocycles. The second kappa shape index (κ2) is 5.60. The molecule has 0 fully saturated rings. The summed E-state index contributed by atoms with van der Waals surface area (Å²) in [5.74, 6) is 0. The first-order chi connectivity index (χ1) is 7.40. The standard InChI is InChI=1S/C12H18O2PSi/c1-8-6-9(2)11(10(3)7-8)15-12(13)14-16(4)5/h6-7,15H,1-5H3. The van der Waals surface area contributed by atoms with Crippen LogP contribution in [0.25, 0.3) is 0 Å². The summed E-state index contributed by atoms with van der Waals surface area (Å²) in [5, 5.41) is 1.14. The Hall–Kier alpha value is -0.663. The van der Waals surface area contributed by atoms with Gasteiger partial charge in [0.1, 0.15) is 0 Å². The smallest absolute Gasteiger partial charge is 0.314 e. The zero-order chi connectivity index (χ0) is 12.3. The fourth-order valence-electron chi connectivity index (χ4n) is 1.69. The van der Waals surface area contributed by atoms with Crippen LogP contribution in [0.15, 0.2) is 12.1 Å². The SMILES string of the molecule is Cc1cc(C)c(PC(=O)O[Si](C)C)c(C)c1. The average Bonchev–Trinajstić information content (AvgIpc) is 2.09. The number of aryl methyl sites for hydroxylation is 3. The molecule has 0 amide bonds. The topological polar surface area (TPSA) is 26.3 Å². The van der Waals surface area contributed by atoms with Crippen molar-refractivity contribution in [1.82, 2.24) is 0 Å². The molecule has 1 radical (unpaired) electrons. The van der Waals surface area contributed by atoms with Crippen LogP contribution in [0.5, 0.6) is 0 Å². The van der Waals surface area contributed by atoms with Crippen molar-refractivity contribution in [3.63, 3.8) is 0 Å². The molecule has 0 saturated heterocycles.